The molecule has 1 unspecified atom stereocenters. The van der Waals surface area contributed by atoms with Crippen molar-refractivity contribution in [3.05, 3.63) is 70.7 Å². The maximum absolute atomic E-state index is 12.1. The number of hydrogen-bond donors (Lipinski definition) is 1. The normalized spacial score (nSPS) is 12.7. The van der Waals surface area contributed by atoms with Crippen LogP contribution in [-0.4, -0.2) is 17.2 Å². The highest BCUT2D eigenvalue weighted by Gasteiger charge is 2.19. The van der Waals surface area contributed by atoms with Crippen LogP contribution in [0.2, 0.25) is 5.02 Å². The molecule has 122 valence electrons. The topological polar surface area (TPSA) is 29.1 Å². The highest BCUT2D eigenvalue weighted by atomic mass is 35.5. The third kappa shape index (κ3) is 5.92. The lowest BCUT2D eigenvalue weighted by Gasteiger charge is -2.22. The van der Waals surface area contributed by atoms with Crippen molar-refractivity contribution in [2.24, 2.45) is 0 Å². The third-order valence-corrected chi connectivity index (χ3v) is 4.73. The molecule has 23 heavy (non-hydrogen) atoms. The average molecular weight is 348 g/mol. The van der Waals surface area contributed by atoms with Crippen molar-refractivity contribution in [1.29, 1.82) is 0 Å². The summed E-state index contributed by atoms with van der Waals surface area (Å²) in [6.45, 7) is 5.97. The van der Waals surface area contributed by atoms with Gasteiger partial charge in [0.05, 0.1) is 11.0 Å². The molecule has 0 aromatic heterocycles. The molecule has 1 N–H and O–H groups in total. The molecule has 4 heteroatoms. The highest BCUT2D eigenvalue weighted by molar-refractivity contribution is 8.00. The fourth-order valence-corrected chi connectivity index (χ4v) is 3.48. The van der Waals surface area contributed by atoms with Gasteiger partial charge in [-0.3, -0.25) is 4.79 Å². The number of hydrogen-bond acceptors (Lipinski definition) is 2. The summed E-state index contributed by atoms with van der Waals surface area (Å²) in [4.78, 5) is 12.1. The summed E-state index contributed by atoms with van der Waals surface area (Å²) in [5.74, 6) is 0.469. The molecule has 1 atom stereocenters. The van der Waals surface area contributed by atoms with Gasteiger partial charge in [0, 0.05) is 10.6 Å². The van der Waals surface area contributed by atoms with Gasteiger partial charge in [0.15, 0.2) is 0 Å². The van der Waals surface area contributed by atoms with Gasteiger partial charge < -0.3 is 5.32 Å². The first-order valence-electron chi connectivity index (χ1n) is 7.58. The van der Waals surface area contributed by atoms with Gasteiger partial charge in [-0.2, -0.15) is 0 Å². The average Bonchev–Trinajstić information content (AvgIpc) is 2.48. The molecule has 0 spiro atoms. The molecular weight excluding hydrogens is 326 g/mol. The molecule has 0 saturated carbocycles. The van der Waals surface area contributed by atoms with Gasteiger partial charge in [-0.05, 0) is 44.0 Å². The van der Waals surface area contributed by atoms with Crippen molar-refractivity contribution < 1.29 is 4.79 Å². The quantitative estimate of drug-likeness (QED) is 0.817. The highest BCUT2D eigenvalue weighted by Crippen LogP contribution is 2.35. The van der Waals surface area contributed by atoms with Crippen molar-refractivity contribution in [1.82, 2.24) is 5.32 Å². The van der Waals surface area contributed by atoms with Gasteiger partial charge in [0.1, 0.15) is 0 Å². The number of thioether (sulfide) groups is 1. The molecule has 0 fully saturated rings. The van der Waals surface area contributed by atoms with Gasteiger partial charge >= 0.3 is 0 Å². The SMILES string of the molecule is CC(C)(C)NC(=O)CSC(c1ccccc1)c1ccc(Cl)cc1. The lowest BCUT2D eigenvalue weighted by Crippen LogP contribution is -2.41. The van der Waals surface area contributed by atoms with E-state index in [9.17, 15) is 4.79 Å². The molecule has 0 bridgehead atoms. The molecule has 2 nitrogen and oxygen atoms in total. The van der Waals surface area contributed by atoms with E-state index in [1.807, 2.05) is 63.2 Å². The van der Waals surface area contributed by atoms with Crippen LogP contribution in [0.1, 0.15) is 37.1 Å². The monoisotopic (exact) mass is 347 g/mol. The van der Waals surface area contributed by atoms with Gasteiger partial charge in [0.25, 0.3) is 0 Å². The molecule has 0 heterocycles. The van der Waals surface area contributed by atoms with Crippen LogP contribution in [0.4, 0.5) is 0 Å². The number of carbonyl (C=O) groups excluding carboxylic acids is 1. The maximum atomic E-state index is 12.1. The Kier molecular flexibility index (Phi) is 6.14. The van der Waals surface area contributed by atoms with Crippen LogP contribution in [0.25, 0.3) is 0 Å². The van der Waals surface area contributed by atoms with E-state index >= 15 is 0 Å². The largest absolute Gasteiger partial charge is 0.351 e. The number of amides is 1. The Morgan fingerprint density at radius 2 is 1.61 bits per heavy atom. The first-order valence-corrected chi connectivity index (χ1v) is 9.01. The zero-order chi connectivity index (χ0) is 16.9. The van der Waals surface area contributed by atoms with Crippen LogP contribution < -0.4 is 5.32 Å². The van der Waals surface area contributed by atoms with Crippen molar-refractivity contribution in [2.45, 2.75) is 31.6 Å². The number of halogens is 1. The molecule has 2 rings (SSSR count). The van der Waals surface area contributed by atoms with E-state index in [0.717, 1.165) is 10.6 Å². The molecule has 0 aliphatic rings. The van der Waals surface area contributed by atoms with Gasteiger partial charge in [0.2, 0.25) is 5.91 Å². The lowest BCUT2D eigenvalue weighted by molar-refractivity contribution is -0.119. The van der Waals surface area contributed by atoms with Crippen LogP contribution in [0.15, 0.2) is 54.6 Å². The zero-order valence-corrected chi connectivity index (χ0v) is 15.2. The third-order valence-electron chi connectivity index (χ3n) is 3.17. The fraction of sp³-hybridized carbons (Fsp3) is 0.316. The minimum Gasteiger partial charge on any atom is -0.351 e. The second-order valence-corrected chi connectivity index (χ2v) is 7.98. The summed E-state index contributed by atoms with van der Waals surface area (Å²) in [7, 11) is 0. The van der Waals surface area contributed by atoms with Crippen LogP contribution in [-0.2, 0) is 4.79 Å². The Morgan fingerprint density at radius 3 is 2.17 bits per heavy atom. The van der Waals surface area contributed by atoms with E-state index in [1.54, 1.807) is 11.8 Å². The summed E-state index contributed by atoms with van der Waals surface area (Å²) >= 11 is 7.62. The van der Waals surface area contributed by atoms with Crippen molar-refractivity contribution in [3.63, 3.8) is 0 Å². The van der Waals surface area contributed by atoms with Crippen molar-refractivity contribution >= 4 is 29.3 Å². The number of carbonyl (C=O) groups is 1. The van der Waals surface area contributed by atoms with Crippen LogP contribution in [0.5, 0.6) is 0 Å². The van der Waals surface area contributed by atoms with Crippen molar-refractivity contribution in [2.75, 3.05) is 5.75 Å². The Morgan fingerprint density at radius 1 is 1.04 bits per heavy atom. The van der Waals surface area contributed by atoms with Crippen LogP contribution >= 0.6 is 23.4 Å². The Balaban J connectivity index is 2.15. The summed E-state index contributed by atoms with van der Waals surface area (Å²) < 4.78 is 0. The second kappa shape index (κ2) is 7.89. The van der Waals surface area contributed by atoms with Gasteiger partial charge in [-0.1, -0.05) is 54.1 Å². The summed E-state index contributed by atoms with van der Waals surface area (Å²) in [5, 5.41) is 3.83. The molecular formula is C19H22ClNOS. The summed E-state index contributed by atoms with van der Waals surface area (Å²) in [6, 6.07) is 18.1. The van der Waals surface area contributed by atoms with E-state index in [2.05, 4.69) is 17.4 Å². The molecule has 2 aromatic rings. The van der Waals surface area contributed by atoms with E-state index in [-0.39, 0.29) is 16.7 Å². The second-order valence-electron chi connectivity index (χ2n) is 6.45. The summed E-state index contributed by atoms with van der Waals surface area (Å²) in [5.41, 5.74) is 2.12. The molecule has 0 aliphatic heterocycles. The number of rotatable bonds is 5. The first-order chi connectivity index (χ1) is 10.8. The predicted molar refractivity (Wildman–Crippen MR) is 100 cm³/mol. The van der Waals surface area contributed by atoms with E-state index in [0.29, 0.717) is 5.75 Å². The molecule has 0 saturated heterocycles. The number of benzene rings is 2. The maximum Gasteiger partial charge on any atom is 0.230 e. The smallest absolute Gasteiger partial charge is 0.230 e. The molecule has 1 amide bonds. The van der Waals surface area contributed by atoms with E-state index in [1.165, 1.54) is 5.56 Å². The zero-order valence-electron chi connectivity index (χ0n) is 13.7. The lowest BCUT2D eigenvalue weighted by atomic mass is 10.0. The Hall–Kier alpha value is -1.45. The minimum absolute atomic E-state index is 0.0531. The van der Waals surface area contributed by atoms with Crippen molar-refractivity contribution in [3.8, 4) is 0 Å². The van der Waals surface area contributed by atoms with Crippen LogP contribution in [0.3, 0.4) is 0 Å². The fourth-order valence-electron chi connectivity index (χ4n) is 2.26. The molecule has 2 aromatic carbocycles. The Bertz CT molecular complexity index is 635. The minimum atomic E-state index is -0.208. The van der Waals surface area contributed by atoms with Gasteiger partial charge in [-0.25, -0.2) is 0 Å². The van der Waals surface area contributed by atoms with Crippen LogP contribution in [0, 0.1) is 0 Å². The first kappa shape index (κ1) is 17.9. The number of nitrogens with one attached hydrogen (secondary N) is 1. The summed E-state index contributed by atoms with van der Waals surface area (Å²) in [6.07, 6.45) is 0. The standard InChI is InChI=1S/C19H22ClNOS/c1-19(2,3)21-17(22)13-23-18(14-7-5-4-6-8-14)15-9-11-16(20)12-10-15/h4-12,18H,13H2,1-3H3,(H,21,22). The molecule has 0 aliphatic carbocycles. The molecule has 0 radical (unpaired) electrons. The van der Waals surface area contributed by atoms with E-state index < -0.39 is 0 Å². The van der Waals surface area contributed by atoms with Gasteiger partial charge in [-0.15, -0.1) is 11.8 Å². The Labute approximate surface area is 147 Å². The predicted octanol–water partition coefficient (Wildman–Crippen LogP) is 5.08. The van der Waals surface area contributed by atoms with E-state index in [4.69, 9.17) is 11.6 Å².